The van der Waals surface area contributed by atoms with Gasteiger partial charge in [-0.3, -0.25) is 9.59 Å². The van der Waals surface area contributed by atoms with E-state index < -0.39 is 6.04 Å². The first-order chi connectivity index (χ1) is 12.6. The van der Waals surface area contributed by atoms with E-state index in [0.717, 1.165) is 28.4 Å². The number of nitrogens with one attached hydrogen (secondary N) is 2. The van der Waals surface area contributed by atoms with Crippen LogP contribution < -0.4 is 20.1 Å². The molecule has 0 saturated heterocycles. The Balaban J connectivity index is 1.67. The van der Waals surface area contributed by atoms with Crippen LogP contribution >= 0.6 is 11.3 Å². The molecule has 1 aromatic carbocycles. The predicted octanol–water partition coefficient (Wildman–Crippen LogP) is 2.83. The van der Waals surface area contributed by atoms with Crippen molar-refractivity contribution >= 4 is 23.2 Å². The van der Waals surface area contributed by atoms with E-state index in [9.17, 15) is 9.59 Å². The normalized spacial score (nSPS) is 13.8. The number of thiophene rings is 1. The average molecular weight is 374 g/mol. The quantitative estimate of drug-likeness (QED) is 0.815. The van der Waals surface area contributed by atoms with Crippen LogP contribution in [0.4, 0.5) is 0 Å². The second-order valence-corrected chi connectivity index (χ2v) is 7.09. The third-order valence-corrected chi connectivity index (χ3v) is 5.08. The molecule has 6 nitrogen and oxygen atoms in total. The van der Waals surface area contributed by atoms with Crippen molar-refractivity contribution in [2.24, 2.45) is 0 Å². The zero-order valence-corrected chi connectivity index (χ0v) is 15.7. The van der Waals surface area contributed by atoms with Crippen LogP contribution in [0.25, 0.3) is 10.4 Å². The highest BCUT2D eigenvalue weighted by Crippen LogP contribution is 2.36. The van der Waals surface area contributed by atoms with Gasteiger partial charge in [0.05, 0.1) is 4.88 Å². The third-order valence-electron chi connectivity index (χ3n) is 3.95. The number of rotatable bonds is 6. The summed E-state index contributed by atoms with van der Waals surface area (Å²) in [5, 5.41) is 5.51. The maximum atomic E-state index is 12.4. The Bertz CT molecular complexity index is 803. The molecule has 2 aromatic rings. The molecule has 7 heteroatoms. The predicted molar refractivity (Wildman–Crippen MR) is 101 cm³/mol. The van der Waals surface area contributed by atoms with Crippen molar-refractivity contribution in [1.82, 2.24) is 10.6 Å². The molecular formula is C19H22N2O4S. The molecule has 0 radical (unpaired) electrons. The van der Waals surface area contributed by atoms with Gasteiger partial charge < -0.3 is 20.1 Å². The lowest BCUT2D eigenvalue weighted by Crippen LogP contribution is -2.44. The minimum absolute atomic E-state index is 0.177. The Hall–Kier alpha value is -2.54. The van der Waals surface area contributed by atoms with Gasteiger partial charge in [-0.25, -0.2) is 0 Å². The van der Waals surface area contributed by atoms with Crippen molar-refractivity contribution in [2.75, 3.05) is 19.8 Å². The van der Waals surface area contributed by atoms with Gasteiger partial charge in [0.15, 0.2) is 11.5 Å². The Morgan fingerprint density at radius 3 is 2.69 bits per heavy atom. The summed E-state index contributed by atoms with van der Waals surface area (Å²) in [6.45, 7) is 5.35. The first kappa shape index (κ1) is 18.3. The van der Waals surface area contributed by atoms with Crippen molar-refractivity contribution in [3.8, 4) is 21.9 Å². The number of carbonyl (C=O) groups excluding carboxylic acids is 2. The number of ether oxygens (including phenoxy) is 2. The van der Waals surface area contributed by atoms with Crippen LogP contribution in [0.2, 0.25) is 0 Å². The van der Waals surface area contributed by atoms with Crippen molar-refractivity contribution in [1.29, 1.82) is 0 Å². The van der Waals surface area contributed by atoms with Gasteiger partial charge in [-0.1, -0.05) is 6.92 Å². The molecule has 3 rings (SSSR count). The second kappa shape index (κ2) is 8.23. The van der Waals surface area contributed by atoms with Crippen LogP contribution in [0.5, 0.6) is 11.5 Å². The summed E-state index contributed by atoms with van der Waals surface area (Å²) in [4.78, 5) is 25.8. The molecule has 2 amide bonds. The van der Waals surface area contributed by atoms with E-state index in [1.54, 1.807) is 13.0 Å². The monoisotopic (exact) mass is 374 g/mol. The standard InChI is InChI=1S/C19H22N2O4S/c1-3-8-20-18(22)12(2)21-19(23)17-7-6-16(26-17)13-4-5-14-15(11-13)25-10-9-24-14/h4-7,11-12H,3,8-10H2,1-2H3,(H,20,22)(H,21,23)/t12-/m0/s1. The number of carbonyl (C=O) groups is 2. The van der Waals surface area contributed by atoms with Crippen molar-refractivity contribution in [2.45, 2.75) is 26.3 Å². The minimum atomic E-state index is -0.575. The topological polar surface area (TPSA) is 76.7 Å². The fourth-order valence-corrected chi connectivity index (χ4v) is 3.45. The van der Waals surface area contributed by atoms with Gasteiger partial charge in [-0.2, -0.15) is 0 Å². The number of fused-ring (bicyclic) bond motifs is 1. The van der Waals surface area contributed by atoms with E-state index in [2.05, 4.69) is 10.6 Å². The van der Waals surface area contributed by atoms with Crippen LogP contribution in [0.15, 0.2) is 30.3 Å². The van der Waals surface area contributed by atoms with Crippen LogP contribution in [0.1, 0.15) is 29.9 Å². The lowest BCUT2D eigenvalue weighted by molar-refractivity contribution is -0.122. The zero-order chi connectivity index (χ0) is 18.5. The van der Waals surface area contributed by atoms with Crippen molar-refractivity contribution < 1.29 is 19.1 Å². The van der Waals surface area contributed by atoms with Crippen molar-refractivity contribution in [3.05, 3.63) is 35.2 Å². The lowest BCUT2D eigenvalue weighted by Gasteiger charge is -2.18. The largest absolute Gasteiger partial charge is 0.486 e. The highest BCUT2D eigenvalue weighted by molar-refractivity contribution is 7.17. The van der Waals surface area contributed by atoms with Gasteiger partial charge >= 0.3 is 0 Å². The molecule has 2 heterocycles. The van der Waals surface area contributed by atoms with Crippen LogP contribution in [-0.4, -0.2) is 37.6 Å². The summed E-state index contributed by atoms with van der Waals surface area (Å²) < 4.78 is 11.1. The van der Waals surface area contributed by atoms with E-state index in [1.165, 1.54) is 11.3 Å². The summed E-state index contributed by atoms with van der Waals surface area (Å²) in [5.41, 5.74) is 0.965. The van der Waals surface area contributed by atoms with Gasteiger partial charge in [-0.05, 0) is 49.2 Å². The summed E-state index contributed by atoms with van der Waals surface area (Å²) in [5.74, 6) is 1.03. The SMILES string of the molecule is CCCNC(=O)[C@H](C)NC(=O)c1ccc(-c2ccc3c(c2)OCCO3)s1. The molecule has 1 aliphatic rings. The van der Waals surface area contributed by atoms with Gasteiger partial charge in [0.1, 0.15) is 19.3 Å². The molecule has 0 fully saturated rings. The molecule has 1 aromatic heterocycles. The lowest BCUT2D eigenvalue weighted by atomic mass is 10.1. The van der Waals surface area contributed by atoms with E-state index in [1.807, 2.05) is 31.2 Å². The highest BCUT2D eigenvalue weighted by Gasteiger charge is 2.18. The zero-order valence-electron chi connectivity index (χ0n) is 14.8. The first-order valence-corrected chi connectivity index (χ1v) is 9.48. The van der Waals surface area contributed by atoms with Crippen LogP contribution in [0, 0.1) is 0 Å². The fourth-order valence-electron chi connectivity index (χ4n) is 2.55. The molecule has 0 saturated carbocycles. The van der Waals surface area contributed by atoms with E-state index in [4.69, 9.17) is 9.47 Å². The third kappa shape index (κ3) is 4.16. The Morgan fingerprint density at radius 2 is 1.92 bits per heavy atom. The number of benzene rings is 1. The highest BCUT2D eigenvalue weighted by atomic mass is 32.1. The molecular weight excluding hydrogens is 352 g/mol. The van der Waals surface area contributed by atoms with Gasteiger partial charge in [0.2, 0.25) is 5.91 Å². The average Bonchev–Trinajstić information content (AvgIpc) is 3.16. The Labute approximate surface area is 156 Å². The van der Waals surface area contributed by atoms with Crippen LogP contribution in [-0.2, 0) is 4.79 Å². The Morgan fingerprint density at radius 1 is 1.15 bits per heavy atom. The number of hydrogen-bond acceptors (Lipinski definition) is 5. The molecule has 0 aliphatic carbocycles. The molecule has 138 valence electrons. The number of amides is 2. The molecule has 1 aliphatic heterocycles. The van der Waals surface area contributed by atoms with E-state index in [0.29, 0.717) is 24.6 Å². The molecule has 0 unspecified atom stereocenters. The van der Waals surface area contributed by atoms with E-state index in [-0.39, 0.29) is 11.8 Å². The molecule has 26 heavy (non-hydrogen) atoms. The summed E-state index contributed by atoms with van der Waals surface area (Å²) in [6.07, 6.45) is 0.857. The smallest absolute Gasteiger partial charge is 0.262 e. The summed E-state index contributed by atoms with van der Waals surface area (Å²) in [7, 11) is 0. The van der Waals surface area contributed by atoms with Gasteiger partial charge in [-0.15, -0.1) is 11.3 Å². The molecule has 0 bridgehead atoms. The maximum Gasteiger partial charge on any atom is 0.262 e. The van der Waals surface area contributed by atoms with Crippen LogP contribution in [0.3, 0.4) is 0 Å². The molecule has 1 atom stereocenters. The maximum absolute atomic E-state index is 12.4. The summed E-state index contributed by atoms with van der Waals surface area (Å²) >= 11 is 1.38. The second-order valence-electron chi connectivity index (χ2n) is 6.01. The summed E-state index contributed by atoms with van der Waals surface area (Å²) in [6, 6.07) is 8.83. The molecule has 0 spiro atoms. The Kier molecular flexibility index (Phi) is 5.78. The van der Waals surface area contributed by atoms with Crippen molar-refractivity contribution in [3.63, 3.8) is 0 Å². The van der Waals surface area contributed by atoms with Gasteiger partial charge in [0.25, 0.3) is 5.91 Å². The molecule has 2 N–H and O–H groups in total. The first-order valence-electron chi connectivity index (χ1n) is 8.67. The minimum Gasteiger partial charge on any atom is -0.486 e. The fraction of sp³-hybridized carbons (Fsp3) is 0.368. The number of hydrogen-bond donors (Lipinski definition) is 2. The van der Waals surface area contributed by atoms with E-state index >= 15 is 0 Å². The van der Waals surface area contributed by atoms with Gasteiger partial charge in [0, 0.05) is 11.4 Å².